The maximum Gasteiger partial charge on any atom is 0.224 e. The van der Waals surface area contributed by atoms with Gasteiger partial charge in [-0.1, -0.05) is 11.6 Å². The first-order chi connectivity index (χ1) is 8.08. The van der Waals surface area contributed by atoms with Gasteiger partial charge in [-0.15, -0.1) is 0 Å². The van der Waals surface area contributed by atoms with Crippen molar-refractivity contribution in [3.63, 3.8) is 0 Å². The molecule has 0 saturated carbocycles. The highest BCUT2D eigenvalue weighted by Crippen LogP contribution is 2.29. The van der Waals surface area contributed by atoms with Crippen LogP contribution in [0.4, 0.5) is 11.5 Å². The second-order valence-corrected chi connectivity index (χ2v) is 4.90. The largest absolute Gasteiger partial charge is 0.352 e. The fourth-order valence-electron chi connectivity index (χ4n) is 1.98. The number of nitrogens with one attached hydrogen (secondary N) is 1. The molecule has 4 nitrogen and oxygen atoms in total. The molecule has 0 unspecified atom stereocenters. The predicted octanol–water partition coefficient (Wildman–Crippen LogP) is 2.68. The summed E-state index contributed by atoms with van der Waals surface area (Å²) in [5, 5.41) is 3.40. The Morgan fingerprint density at radius 1 is 1.53 bits per heavy atom. The Morgan fingerprint density at radius 3 is 3.00 bits per heavy atom. The number of aromatic nitrogens is 1. The van der Waals surface area contributed by atoms with Gasteiger partial charge in [0.15, 0.2) is 5.82 Å². The molecule has 17 heavy (non-hydrogen) atoms. The van der Waals surface area contributed by atoms with Crippen molar-refractivity contribution in [2.24, 2.45) is 0 Å². The van der Waals surface area contributed by atoms with Crippen molar-refractivity contribution in [2.75, 3.05) is 16.8 Å². The number of rotatable bonds is 1. The lowest BCUT2D eigenvalue weighted by Gasteiger charge is -2.31. The van der Waals surface area contributed by atoms with Crippen molar-refractivity contribution in [3.05, 3.63) is 17.3 Å². The molecule has 0 bridgehead atoms. The van der Waals surface area contributed by atoms with E-state index < -0.39 is 0 Å². The van der Waals surface area contributed by atoms with Gasteiger partial charge in [-0.25, -0.2) is 4.98 Å². The van der Waals surface area contributed by atoms with Crippen LogP contribution in [0.2, 0.25) is 5.02 Å². The van der Waals surface area contributed by atoms with E-state index in [2.05, 4.69) is 29.0 Å². The molecule has 1 aliphatic heterocycles. The number of hydrogen-bond donors (Lipinski definition) is 1. The molecule has 1 aromatic rings. The van der Waals surface area contributed by atoms with Crippen molar-refractivity contribution in [2.45, 2.75) is 32.7 Å². The molecule has 0 spiro atoms. The first-order valence-electron chi connectivity index (χ1n) is 5.80. The summed E-state index contributed by atoms with van der Waals surface area (Å²) in [6.07, 6.45) is 2.99. The van der Waals surface area contributed by atoms with Crippen LogP contribution < -0.4 is 10.2 Å². The van der Waals surface area contributed by atoms with Gasteiger partial charge in [0.2, 0.25) is 5.91 Å². The highest BCUT2D eigenvalue weighted by atomic mass is 35.5. The summed E-state index contributed by atoms with van der Waals surface area (Å²) in [6, 6.07) is 2.10. The van der Waals surface area contributed by atoms with Crippen LogP contribution in [0.15, 0.2) is 12.3 Å². The van der Waals surface area contributed by atoms with E-state index in [4.69, 9.17) is 11.6 Å². The number of fused-ring (bicyclic) bond motifs is 1. The van der Waals surface area contributed by atoms with Crippen molar-refractivity contribution >= 4 is 29.0 Å². The monoisotopic (exact) mass is 253 g/mol. The maximum atomic E-state index is 11.6. The maximum absolute atomic E-state index is 11.6. The van der Waals surface area contributed by atoms with E-state index in [1.165, 1.54) is 0 Å². The van der Waals surface area contributed by atoms with Gasteiger partial charge in [-0.3, -0.25) is 4.79 Å². The van der Waals surface area contributed by atoms with Gasteiger partial charge in [-0.2, -0.15) is 0 Å². The SMILES string of the molecule is CC(C)N1CCCC(=O)Nc2cc(Cl)cnc21. The molecule has 1 aliphatic rings. The van der Waals surface area contributed by atoms with Gasteiger partial charge in [0, 0.05) is 25.2 Å². The molecule has 92 valence electrons. The Labute approximate surface area is 106 Å². The van der Waals surface area contributed by atoms with Gasteiger partial charge in [0.25, 0.3) is 0 Å². The first kappa shape index (κ1) is 12.2. The molecule has 5 heteroatoms. The number of carbonyl (C=O) groups is 1. The zero-order chi connectivity index (χ0) is 12.4. The summed E-state index contributed by atoms with van der Waals surface area (Å²) in [7, 11) is 0. The molecule has 0 saturated heterocycles. The number of carbonyl (C=O) groups excluding carboxylic acids is 1. The highest BCUT2D eigenvalue weighted by molar-refractivity contribution is 6.30. The Hall–Kier alpha value is -1.29. The van der Waals surface area contributed by atoms with Crippen molar-refractivity contribution in [1.29, 1.82) is 0 Å². The van der Waals surface area contributed by atoms with Crippen LogP contribution in [0.1, 0.15) is 26.7 Å². The van der Waals surface area contributed by atoms with Gasteiger partial charge in [-0.05, 0) is 26.3 Å². The molecular formula is C12H16ClN3O. The second kappa shape index (κ2) is 4.92. The quantitative estimate of drug-likeness (QED) is 0.837. The summed E-state index contributed by atoms with van der Waals surface area (Å²) in [5.74, 6) is 0.830. The lowest BCUT2D eigenvalue weighted by atomic mass is 10.2. The Morgan fingerprint density at radius 2 is 2.29 bits per heavy atom. The third-order valence-corrected chi connectivity index (χ3v) is 3.01. The minimum absolute atomic E-state index is 0.0266. The van der Waals surface area contributed by atoms with Crippen molar-refractivity contribution in [1.82, 2.24) is 4.98 Å². The molecule has 2 heterocycles. The van der Waals surface area contributed by atoms with E-state index in [1.807, 2.05) is 0 Å². The lowest BCUT2D eigenvalue weighted by molar-refractivity contribution is -0.116. The zero-order valence-corrected chi connectivity index (χ0v) is 10.8. The van der Waals surface area contributed by atoms with E-state index in [9.17, 15) is 4.79 Å². The molecule has 1 aromatic heterocycles. The second-order valence-electron chi connectivity index (χ2n) is 4.46. The van der Waals surface area contributed by atoms with E-state index in [-0.39, 0.29) is 5.91 Å². The Bertz CT molecular complexity index is 434. The lowest BCUT2D eigenvalue weighted by Crippen LogP contribution is -2.35. The molecule has 0 aromatic carbocycles. The van der Waals surface area contributed by atoms with Crippen LogP contribution in [-0.2, 0) is 4.79 Å². The van der Waals surface area contributed by atoms with Gasteiger partial charge in [0.05, 0.1) is 10.7 Å². The van der Waals surface area contributed by atoms with Crippen LogP contribution in [0.5, 0.6) is 0 Å². The molecule has 0 radical (unpaired) electrons. The Kier molecular flexibility index (Phi) is 3.52. The molecule has 2 rings (SSSR count). The molecule has 1 N–H and O–H groups in total. The van der Waals surface area contributed by atoms with Gasteiger partial charge in [0.1, 0.15) is 0 Å². The number of hydrogen-bond acceptors (Lipinski definition) is 3. The fraction of sp³-hybridized carbons (Fsp3) is 0.500. The molecule has 0 atom stereocenters. The topological polar surface area (TPSA) is 45.2 Å². The minimum atomic E-state index is 0.0266. The number of nitrogens with zero attached hydrogens (tertiary/aromatic N) is 2. The summed E-state index contributed by atoms with van der Waals surface area (Å²) < 4.78 is 0. The van der Waals surface area contributed by atoms with Crippen LogP contribution in [0, 0.1) is 0 Å². The highest BCUT2D eigenvalue weighted by Gasteiger charge is 2.20. The van der Waals surface area contributed by atoms with E-state index in [1.54, 1.807) is 12.3 Å². The molecule has 0 fully saturated rings. The first-order valence-corrected chi connectivity index (χ1v) is 6.18. The van der Waals surface area contributed by atoms with E-state index in [0.29, 0.717) is 23.2 Å². The van der Waals surface area contributed by atoms with Crippen molar-refractivity contribution < 1.29 is 4.79 Å². The average Bonchev–Trinajstić information content (AvgIpc) is 2.22. The van der Waals surface area contributed by atoms with Gasteiger partial charge < -0.3 is 10.2 Å². The molecule has 0 aliphatic carbocycles. The summed E-state index contributed by atoms with van der Waals surface area (Å²) in [5.41, 5.74) is 0.705. The molecular weight excluding hydrogens is 238 g/mol. The van der Waals surface area contributed by atoms with Crippen LogP contribution in [-0.4, -0.2) is 23.5 Å². The standard InChI is InChI=1S/C12H16ClN3O/c1-8(2)16-5-3-4-11(17)15-10-6-9(13)7-14-12(10)16/h6-8H,3-5H2,1-2H3,(H,15,17). The van der Waals surface area contributed by atoms with Crippen LogP contribution in [0.25, 0.3) is 0 Å². The van der Waals surface area contributed by atoms with Gasteiger partial charge >= 0.3 is 0 Å². The zero-order valence-electron chi connectivity index (χ0n) is 10.0. The fourth-order valence-corrected chi connectivity index (χ4v) is 2.14. The Balaban J connectivity index is 2.44. The number of amides is 1. The summed E-state index contributed by atoms with van der Waals surface area (Å²) >= 11 is 5.91. The smallest absolute Gasteiger partial charge is 0.224 e. The van der Waals surface area contributed by atoms with Crippen LogP contribution >= 0.6 is 11.6 Å². The summed E-state index contributed by atoms with van der Waals surface area (Å²) in [4.78, 5) is 18.1. The number of pyridine rings is 1. The third-order valence-electron chi connectivity index (χ3n) is 2.81. The average molecular weight is 254 g/mol. The van der Waals surface area contributed by atoms with Crippen LogP contribution in [0.3, 0.4) is 0 Å². The predicted molar refractivity (Wildman–Crippen MR) is 69.6 cm³/mol. The minimum Gasteiger partial charge on any atom is -0.352 e. The third kappa shape index (κ3) is 2.69. The van der Waals surface area contributed by atoms with E-state index in [0.717, 1.165) is 18.8 Å². The van der Waals surface area contributed by atoms with E-state index >= 15 is 0 Å². The normalized spacial score (nSPS) is 16.2. The number of halogens is 1. The van der Waals surface area contributed by atoms with Crippen molar-refractivity contribution in [3.8, 4) is 0 Å². The number of anilines is 2. The molecule has 1 amide bonds. The summed E-state index contributed by atoms with van der Waals surface area (Å²) in [6.45, 7) is 5.07.